The number of amides is 1. The summed E-state index contributed by atoms with van der Waals surface area (Å²) in [5.74, 6) is 0.451. The first kappa shape index (κ1) is 16.3. The molecule has 2 saturated heterocycles. The number of nitrogens with zero attached hydrogens (tertiary/aromatic N) is 1. The number of ether oxygens (including phenoxy) is 3. The molecule has 0 aliphatic carbocycles. The van der Waals surface area contributed by atoms with Gasteiger partial charge in [-0.1, -0.05) is 13.3 Å². The molecule has 0 bridgehead atoms. The van der Waals surface area contributed by atoms with Crippen LogP contribution in [0.2, 0.25) is 0 Å². The maximum atomic E-state index is 12.6. The van der Waals surface area contributed by atoms with Crippen molar-refractivity contribution in [2.75, 3.05) is 32.9 Å². The van der Waals surface area contributed by atoms with Crippen LogP contribution in [0.25, 0.3) is 0 Å². The van der Waals surface area contributed by atoms with Gasteiger partial charge in [0.15, 0.2) is 5.79 Å². The van der Waals surface area contributed by atoms with Crippen molar-refractivity contribution in [3.05, 3.63) is 29.8 Å². The summed E-state index contributed by atoms with van der Waals surface area (Å²) in [6.45, 7) is 5.52. The highest BCUT2D eigenvalue weighted by molar-refractivity contribution is 5.94. The number of rotatable bonds is 5. The molecule has 2 aliphatic rings. The predicted octanol–water partition coefficient (Wildman–Crippen LogP) is 2.84. The number of likely N-dealkylation sites (tertiary alicyclic amines) is 1. The van der Waals surface area contributed by atoms with Crippen LogP contribution in [0.3, 0.4) is 0 Å². The summed E-state index contributed by atoms with van der Waals surface area (Å²) in [6.07, 6.45) is 3.65. The van der Waals surface area contributed by atoms with E-state index in [1.165, 1.54) is 0 Å². The molecule has 0 atom stereocenters. The molecular formula is C18H25NO4. The summed E-state index contributed by atoms with van der Waals surface area (Å²) >= 11 is 0. The van der Waals surface area contributed by atoms with Crippen LogP contribution in [-0.2, 0) is 9.47 Å². The Labute approximate surface area is 137 Å². The minimum atomic E-state index is -0.437. The van der Waals surface area contributed by atoms with E-state index in [0.717, 1.165) is 38.0 Å². The Balaban J connectivity index is 1.54. The molecule has 1 aromatic carbocycles. The van der Waals surface area contributed by atoms with Crippen LogP contribution in [0, 0.1) is 0 Å². The third-order valence-electron chi connectivity index (χ3n) is 4.49. The van der Waals surface area contributed by atoms with Crippen molar-refractivity contribution in [3.63, 3.8) is 0 Å². The molecule has 2 aliphatic heterocycles. The van der Waals surface area contributed by atoms with Gasteiger partial charge in [0.1, 0.15) is 5.75 Å². The first-order valence-corrected chi connectivity index (χ1v) is 8.52. The number of hydrogen-bond donors (Lipinski definition) is 0. The predicted molar refractivity (Wildman–Crippen MR) is 86.6 cm³/mol. The van der Waals surface area contributed by atoms with E-state index in [2.05, 4.69) is 6.92 Å². The van der Waals surface area contributed by atoms with Gasteiger partial charge >= 0.3 is 0 Å². The summed E-state index contributed by atoms with van der Waals surface area (Å²) in [5.41, 5.74) is 0.706. The van der Waals surface area contributed by atoms with Gasteiger partial charge in [-0.15, -0.1) is 0 Å². The summed E-state index contributed by atoms with van der Waals surface area (Å²) in [6, 6.07) is 7.43. The maximum Gasteiger partial charge on any atom is 0.253 e. The third-order valence-corrected chi connectivity index (χ3v) is 4.49. The minimum absolute atomic E-state index is 0.0676. The number of carbonyl (C=O) groups excluding carboxylic acids is 1. The molecule has 0 aromatic heterocycles. The molecule has 126 valence electrons. The van der Waals surface area contributed by atoms with Gasteiger partial charge in [-0.05, 0) is 30.7 Å². The lowest BCUT2D eigenvalue weighted by atomic mass is 10.0. The molecular weight excluding hydrogens is 294 g/mol. The van der Waals surface area contributed by atoms with Crippen molar-refractivity contribution in [2.24, 2.45) is 0 Å². The maximum absolute atomic E-state index is 12.6. The average Bonchev–Trinajstić information content (AvgIpc) is 3.04. The van der Waals surface area contributed by atoms with Gasteiger partial charge in [0.25, 0.3) is 5.91 Å². The van der Waals surface area contributed by atoms with Crippen molar-refractivity contribution < 1.29 is 19.0 Å². The van der Waals surface area contributed by atoms with Gasteiger partial charge in [-0.2, -0.15) is 0 Å². The molecule has 3 rings (SSSR count). The van der Waals surface area contributed by atoms with E-state index >= 15 is 0 Å². The lowest BCUT2D eigenvalue weighted by Crippen LogP contribution is -2.47. The van der Waals surface area contributed by atoms with Crippen molar-refractivity contribution in [3.8, 4) is 5.75 Å². The van der Waals surface area contributed by atoms with E-state index in [4.69, 9.17) is 14.2 Å². The van der Waals surface area contributed by atoms with Crippen LogP contribution >= 0.6 is 0 Å². The molecule has 0 unspecified atom stereocenters. The summed E-state index contributed by atoms with van der Waals surface area (Å²) < 4.78 is 17.0. The third kappa shape index (κ3) is 3.85. The highest BCUT2D eigenvalue weighted by Crippen LogP contribution is 2.31. The first-order valence-electron chi connectivity index (χ1n) is 8.52. The van der Waals surface area contributed by atoms with Crippen LogP contribution in [0.1, 0.15) is 43.0 Å². The van der Waals surface area contributed by atoms with Crippen LogP contribution in [0.4, 0.5) is 0 Å². The quantitative estimate of drug-likeness (QED) is 0.783. The second-order valence-electron chi connectivity index (χ2n) is 6.13. The Morgan fingerprint density at radius 1 is 1.17 bits per heavy atom. The van der Waals surface area contributed by atoms with E-state index in [9.17, 15) is 4.79 Å². The molecule has 0 N–H and O–H groups in total. The SMILES string of the molecule is CCCCOc1ccc(C(=O)N2CCC3(CC2)OCCO3)cc1. The second kappa shape index (κ2) is 7.32. The van der Waals surface area contributed by atoms with E-state index in [-0.39, 0.29) is 5.91 Å². The Morgan fingerprint density at radius 2 is 1.83 bits per heavy atom. The van der Waals surface area contributed by atoms with Gasteiger partial charge in [0, 0.05) is 31.5 Å². The molecule has 2 heterocycles. The van der Waals surface area contributed by atoms with E-state index < -0.39 is 5.79 Å². The Bertz CT molecular complexity index is 512. The van der Waals surface area contributed by atoms with Crippen molar-refractivity contribution in [2.45, 2.75) is 38.4 Å². The Hall–Kier alpha value is -1.59. The highest BCUT2D eigenvalue weighted by Gasteiger charge is 2.40. The number of carbonyl (C=O) groups is 1. The average molecular weight is 319 g/mol. The second-order valence-corrected chi connectivity index (χ2v) is 6.13. The van der Waals surface area contributed by atoms with Crippen molar-refractivity contribution in [1.82, 2.24) is 4.90 Å². The smallest absolute Gasteiger partial charge is 0.253 e. The fourth-order valence-corrected chi connectivity index (χ4v) is 3.05. The fraction of sp³-hybridized carbons (Fsp3) is 0.611. The van der Waals surface area contributed by atoms with Gasteiger partial charge in [-0.25, -0.2) is 0 Å². The largest absolute Gasteiger partial charge is 0.494 e. The number of unbranched alkanes of at least 4 members (excludes halogenated alkanes) is 1. The van der Waals surface area contributed by atoms with E-state index in [1.807, 2.05) is 29.2 Å². The van der Waals surface area contributed by atoms with Gasteiger partial charge in [-0.3, -0.25) is 4.79 Å². The Morgan fingerprint density at radius 3 is 2.43 bits per heavy atom. The van der Waals surface area contributed by atoms with Crippen LogP contribution in [0.5, 0.6) is 5.75 Å². The molecule has 23 heavy (non-hydrogen) atoms. The van der Waals surface area contributed by atoms with Gasteiger partial charge in [0.05, 0.1) is 19.8 Å². The normalized spacial score (nSPS) is 20.0. The number of piperidine rings is 1. The van der Waals surface area contributed by atoms with E-state index in [1.54, 1.807) is 0 Å². The fourth-order valence-electron chi connectivity index (χ4n) is 3.05. The zero-order valence-corrected chi connectivity index (χ0v) is 13.8. The Kier molecular flexibility index (Phi) is 5.18. The highest BCUT2D eigenvalue weighted by atomic mass is 16.7. The molecule has 0 saturated carbocycles. The van der Waals surface area contributed by atoms with Gasteiger partial charge in [0.2, 0.25) is 0 Å². The monoisotopic (exact) mass is 319 g/mol. The molecule has 1 spiro atoms. The molecule has 5 heteroatoms. The molecule has 1 aromatic rings. The summed E-state index contributed by atoms with van der Waals surface area (Å²) in [5, 5.41) is 0. The molecule has 0 radical (unpaired) electrons. The number of benzene rings is 1. The molecule has 1 amide bonds. The lowest BCUT2D eigenvalue weighted by Gasteiger charge is -2.37. The van der Waals surface area contributed by atoms with Crippen molar-refractivity contribution >= 4 is 5.91 Å². The van der Waals surface area contributed by atoms with Gasteiger partial charge < -0.3 is 19.1 Å². The first-order chi connectivity index (χ1) is 11.2. The van der Waals surface area contributed by atoms with Crippen LogP contribution in [-0.4, -0.2) is 49.5 Å². The van der Waals surface area contributed by atoms with Crippen LogP contribution in [0.15, 0.2) is 24.3 Å². The van der Waals surface area contributed by atoms with E-state index in [0.29, 0.717) is 31.9 Å². The topological polar surface area (TPSA) is 48.0 Å². The van der Waals surface area contributed by atoms with Crippen LogP contribution < -0.4 is 4.74 Å². The number of hydrogen-bond acceptors (Lipinski definition) is 4. The summed E-state index contributed by atoms with van der Waals surface area (Å²) in [7, 11) is 0. The van der Waals surface area contributed by atoms with Crippen molar-refractivity contribution in [1.29, 1.82) is 0 Å². The molecule has 5 nitrogen and oxygen atoms in total. The zero-order valence-electron chi connectivity index (χ0n) is 13.8. The zero-order chi connectivity index (χ0) is 16.1. The summed E-state index contributed by atoms with van der Waals surface area (Å²) in [4.78, 5) is 14.5. The minimum Gasteiger partial charge on any atom is -0.494 e. The lowest BCUT2D eigenvalue weighted by molar-refractivity contribution is -0.181. The standard InChI is InChI=1S/C18H25NO4/c1-2-3-12-21-16-6-4-15(5-7-16)17(20)19-10-8-18(9-11-19)22-13-14-23-18/h4-7H,2-3,8-14H2,1H3. The molecule has 2 fully saturated rings.